The molecule has 0 bridgehead atoms. The van der Waals surface area contributed by atoms with Crippen LogP contribution in [0.1, 0.15) is 13.3 Å². The van der Waals surface area contributed by atoms with Crippen molar-refractivity contribution < 1.29 is 0 Å². The number of rotatable bonds is 5. The van der Waals surface area contributed by atoms with Gasteiger partial charge in [0.15, 0.2) is 8.07 Å². The summed E-state index contributed by atoms with van der Waals surface area (Å²) < 4.78 is 2.41. The van der Waals surface area contributed by atoms with Crippen LogP contribution < -0.4 is 21.0 Å². The van der Waals surface area contributed by atoms with Crippen molar-refractivity contribution in [2.24, 2.45) is 5.92 Å². The predicted octanol–water partition coefficient (Wildman–Crippen LogP) is 5.98. The fourth-order valence-corrected chi connectivity index (χ4v) is 11.3. The third-order valence-electron chi connectivity index (χ3n) is 8.33. The predicted molar refractivity (Wildman–Crippen MR) is 167 cm³/mol. The van der Waals surface area contributed by atoms with Gasteiger partial charge in [0.1, 0.15) is 0 Å². The second-order valence-corrected chi connectivity index (χ2v) is 14.5. The first-order valence-corrected chi connectivity index (χ1v) is 16.0. The number of para-hydroxylation sites is 2. The Morgan fingerprint density at radius 1 is 0.744 bits per heavy atom. The van der Waals surface area contributed by atoms with E-state index in [-0.39, 0.29) is 0 Å². The van der Waals surface area contributed by atoms with Gasteiger partial charge in [0.05, 0.1) is 17.7 Å². The second-order valence-electron chi connectivity index (χ2n) is 10.7. The van der Waals surface area contributed by atoms with E-state index in [0.717, 1.165) is 19.6 Å². The van der Waals surface area contributed by atoms with E-state index in [9.17, 15) is 0 Å². The van der Waals surface area contributed by atoms with Gasteiger partial charge in [-0.05, 0) is 52.2 Å². The molecule has 0 unspecified atom stereocenters. The van der Waals surface area contributed by atoms with Gasteiger partial charge in [0.25, 0.3) is 0 Å². The highest BCUT2D eigenvalue weighted by molar-refractivity contribution is 7.12. The summed E-state index contributed by atoms with van der Waals surface area (Å²) in [5.74, 6) is 0.567. The largest absolute Gasteiger partial charge is 0.379 e. The normalized spacial score (nSPS) is 18.8. The summed E-state index contributed by atoms with van der Waals surface area (Å²) in [5.41, 5.74) is 3.68. The molecule has 0 radical (unpaired) electrons. The van der Waals surface area contributed by atoms with Gasteiger partial charge in [-0.15, -0.1) is 0 Å². The van der Waals surface area contributed by atoms with Crippen molar-refractivity contribution in [1.82, 2.24) is 15.2 Å². The number of aromatic nitrogens is 1. The Morgan fingerprint density at radius 2 is 1.49 bits per heavy atom. The highest BCUT2D eigenvalue weighted by Crippen LogP contribution is 2.34. The number of nitrogens with zero attached hydrogens (tertiary/aromatic N) is 1. The summed E-state index contributed by atoms with van der Waals surface area (Å²) in [5, 5.41) is 15.6. The van der Waals surface area contributed by atoms with Crippen LogP contribution in [-0.2, 0) is 0 Å². The molecule has 7 rings (SSSR count). The van der Waals surface area contributed by atoms with Crippen LogP contribution in [0, 0.1) is 5.92 Å². The van der Waals surface area contributed by atoms with Gasteiger partial charge < -0.3 is 9.88 Å². The molecule has 0 spiro atoms. The number of allylic oxidation sites excluding steroid dienone is 4. The van der Waals surface area contributed by atoms with Crippen molar-refractivity contribution in [2.75, 3.05) is 13.2 Å². The van der Waals surface area contributed by atoms with E-state index in [1.54, 1.807) is 0 Å². The number of hydrogen-bond donors (Lipinski definition) is 2. The summed E-state index contributed by atoms with van der Waals surface area (Å²) in [6.07, 6.45) is 10.8. The van der Waals surface area contributed by atoms with Gasteiger partial charge in [0.2, 0.25) is 0 Å². The SMILES string of the molecule is C[C@H]1C=CC([Si@](C2=CCNCN2)(c2ccccc2)c2ccc3c(c2)c2ccccc2n3-c2ccccc2)=CC1. The highest BCUT2D eigenvalue weighted by Gasteiger charge is 2.45. The number of nitrogens with one attached hydrogen (secondary N) is 2. The Hall–Kier alpha value is -4.12. The number of fused-ring (bicyclic) bond motifs is 3. The van der Waals surface area contributed by atoms with Gasteiger partial charge in [-0.25, -0.2) is 0 Å². The Labute approximate surface area is 231 Å². The zero-order valence-corrected chi connectivity index (χ0v) is 23.3. The number of hydrogen-bond acceptors (Lipinski definition) is 2. The van der Waals surface area contributed by atoms with Crippen LogP contribution in [0.15, 0.2) is 138 Å². The Bertz CT molecular complexity index is 1750. The lowest BCUT2D eigenvalue weighted by atomic mass is 10.0. The van der Waals surface area contributed by atoms with Gasteiger partial charge in [-0.1, -0.05) is 110 Å². The van der Waals surface area contributed by atoms with Crippen LogP contribution in [0.25, 0.3) is 27.5 Å². The molecule has 39 heavy (non-hydrogen) atoms. The maximum Gasteiger partial charge on any atom is 0.197 e. The van der Waals surface area contributed by atoms with Crippen molar-refractivity contribution in [3.05, 3.63) is 138 Å². The third-order valence-corrected chi connectivity index (χ3v) is 13.1. The van der Waals surface area contributed by atoms with Crippen LogP contribution in [-0.4, -0.2) is 25.9 Å². The van der Waals surface area contributed by atoms with Crippen LogP contribution in [0.2, 0.25) is 0 Å². The fraction of sp³-hybridized carbons (Fsp3) is 0.143. The summed E-state index contributed by atoms with van der Waals surface area (Å²) in [4.78, 5) is 0. The fourth-order valence-electron chi connectivity index (χ4n) is 6.48. The summed E-state index contributed by atoms with van der Waals surface area (Å²) in [6, 6.07) is 38.1. The van der Waals surface area contributed by atoms with Gasteiger partial charge >= 0.3 is 0 Å². The minimum Gasteiger partial charge on any atom is -0.379 e. The van der Waals surface area contributed by atoms with E-state index in [1.807, 2.05) is 0 Å². The summed E-state index contributed by atoms with van der Waals surface area (Å²) in [7, 11) is -2.58. The molecule has 2 N–H and O–H groups in total. The molecule has 4 aromatic carbocycles. The molecule has 0 fully saturated rings. The molecule has 2 heterocycles. The first-order valence-electron chi connectivity index (χ1n) is 14.0. The van der Waals surface area contributed by atoms with E-state index < -0.39 is 8.07 Å². The Morgan fingerprint density at radius 3 is 2.23 bits per heavy atom. The Kier molecular flexibility index (Phi) is 6.07. The van der Waals surface area contributed by atoms with Gasteiger partial charge in [-0.3, -0.25) is 5.32 Å². The molecule has 2 atom stereocenters. The topological polar surface area (TPSA) is 29.0 Å². The lowest BCUT2D eigenvalue weighted by Crippen LogP contribution is -2.65. The van der Waals surface area contributed by atoms with Crippen LogP contribution in [0.4, 0.5) is 0 Å². The third kappa shape index (κ3) is 3.91. The monoisotopic (exact) mass is 523 g/mol. The molecule has 1 aromatic heterocycles. The van der Waals surface area contributed by atoms with E-state index in [4.69, 9.17) is 0 Å². The van der Waals surface area contributed by atoms with Gasteiger partial charge in [0, 0.05) is 28.3 Å². The quantitative estimate of drug-likeness (QED) is 0.278. The second kappa shape index (κ2) is 9.88. The first-order chi connectivity index (χ1) is 19.3. The molecule has 4 heteroatoms. The molecule has 1 aliphatic heterocycles. The summed E-state index contributed by atoms with van der Waals surface area (Å²) in [6.45, 7) is 3.98. The van der Waals surface area contributed by atoms with Crippen molar-refractivity contribution >= 4 is 40.3 Å². The van der Waals surface area contributed by atoms with E-state index >= 15 is 0 Å². The molecular formula is C35H33N3Si. The first kappa shape index (κ1) is 24.0. The van der Waals surface area contributed by atoms with Gasteiger partial charge in [-0.2, -0.15) is 0 Å². The minimum atomic E-state index is -2.58. The molecule has 0 amide bonds. The van der Waals surface area contributed by atoms with Crippen molar-refractivity contribution in [3.63, 3.8) is 0 Å². The van der Waals surface area contributed by atoms with Crippen molar-refractivity contribution in [1.29, 1.82) is 0 Å². The average Bonchev–Trinajstić information content (AvgIpc) is 3.34. The molecule has 0 saturated carbocycles. The van der Waals surface area contributed by atoms with E-state index in [2.05, 4.69) is 150 Å². The average molecular weight is 524 g/mol. The maximum atomic E-state index is 3.81. The zero-order valence-electron chi connectivity index (χ0n) is 22.3. The standard InChI is InChI=1S/C35H33N3Si/c1-26-16-18-29(19-17-26)39(28-12-6-3-7-13-28,35-22-23-36-25-37-35)30-20-21-34-32(24-30)31-14-8-9-15-33(31)38(34)27-10-4-2-5-11-27/h2-16,18-22,24,26,36-37H,17,23,25H2,1H3/t26-,39+/m0/s1. The van der Waals surface area contributed by atoms with E-state index in [0.29, 0.717) is 5.92 Å². The molecule has 3 nitrogen and oxygen atoms in total. The molecule has 192 valence electrons. The van der Waals surface area contributed by atoms with Crippen LogP contribution >= 0.6 is 0 Å². The minimum absolute atomic E-state index is 0.567. The summed E-state index contributed by atoms with van der Waals surface area (Å²) >= 11 is 0. The molecular weight excluding hydrogens is 490 g/mol. The number of benzene rings is 4. The lowest BCUT2D eigenvalue weighted by molar-refractivity contribution is 0.656. The van der Waals surface area contributed by atoms with Crippen LogP contribution in [0.5, 0.6) is 0 Å². The highest BCUT2D eigenvalue weighted by atomic mass is 28.3. The molecule has 1 aliphatic carbocycles. The smallest absolute Gasteiger partial charge is 0.197 e. The zero-order chi connectivity index (χ0) is 26.2. The molecule has 2 aliphatic rings. The van der Waals surface area contributed by atoms with Crippen molar-refractivity contribution in [3.8, 4) is 5.69 Å². The molecule has 0 saturated heterocycles. The molecule has 5 aromatic rings. The lowest BCUT2D eigenvalue weighted by Gasteiger charge is -2.39. The maximum absolute atomic E-state index is 3.81. The van der Waals surface area contributed by atoms with E-state index in [1.165, 1.54) is 48.4 Å². The Balaban J connectivity index is 1.56. The van der Waals surface area contributed by atoms with Crippen molar-refractivity contribution in [2.45, 2.75) is 13.3 Å². The van der Waals surface area contributed by atoms with Crippen LogP contribution in [0.3, 0.4) is 0 Å².